The Morgan fingerprint density at radius 3 is 2.47 bits per heavy atom. The van der Waals surface area contributed by atoms with Gasteiger partial charge in [-0.25, -0.2) is 0 Å². The zero-order valence-electron chi connectivity index (χ0n) is 9.94. The number of nitro groups is 1. The van der Waals surface area contributed by atoms with E-state index in [-0.39, 0.29) is 15.7 Å². The molecule has 100 valence electrons. The van der Waals surface area contributed by atoms with Gasteiger partial charge in [0.05, 0.1) is 20.7 Å². The van der Waals surface area contributed by atoms with Crippen LogP contribution in [0.1, 0.15) is 10.4 Å². The molecule has 1 N–H and O–H groups in total. The molecule has 2 aromatic rings. The Morgan fingerprint density at radius 1 is 1.37 bits per heavy atom. The van der Waals surface area contributed by atoms with Crippen LogP contribution in [0, 0.1) is 17.0 Å². The number of rotatable bonds is 4. The molecular formula is C12H10Cl2N2O2S. The summed E-state index contributed by atoms with van der Waals surface area (Å²) in [5.41, 5.74) is 1.58. The van der Waals surface area contributed by atoms with E-state index in [1.54, 1.807) is 11.3 Å². The van der Waals surface area contributed by atoms with E-state index in [1.165, 1.54) is 22.6 Å². The molecule has 0 aliphatic rings. The van der Waals surface area contributed by atoms with Crippen molar-refractivity contribution in [1.82, 2.24) is 0 Å². The van der Waals surface area contributed by atoms with Crippen molar-refractivity contribution in [2.75, 3.05) is 5.32 Å². The van der Waals surface area contributed by atoms with E-state index in [2.05, 4.69) is 5.32 Å². The highest BCUT2D eigenvalue weighted by Crippen LogP contribution is 2.35. The third kappa shape index (κ3) is 3.18. The number of benzene rings is 1. The molecule has 0 radical (unpaired) electrons. The van der Waals surface area contributed by atoms with Crippen LogP contribution in [0.4, 0.5) is 11.4 Å². The number of anilines is 1. The van der Waals surface area contributed by atoms with Gasteiger partial charge < -0.3 is 5.32 Å². The molecule has 1 aromatic carbocycles. The highest BCUT2D eigenvalue weighted by molar-refractivity contribution is 7.10. The summed E-state index contributed by atoms with van der Waals surface area (Å²) in [5.74, 6) is 0. The normalized spacial score (nSPS) is 10.5. The Hall–Kier alpha value is -1.30. The molecule has 1 aromatic heterocycles. The molecule has 7 heteroatoms. The summed E-state index contributed by atoms with van der Waals surface area (Å²) in [6.07, 6.45) is 0. The topological polar surface area (TPSA) is 55.2 Å². The van der Waals surface area contributed by atoms with Gasteiger partial charge in [0.25, 0.3) is 5.69 Å². The zero-order valence-corrected chi connectivity index (χ0v) is 12.3. The van der Waals surface area contributed by atoms with E-state index in [4.69, 9.17) is 23.2 Å². The Morgan fingerprint density at radius 2 is 2.00 bits per heavy atom. The molecule has 2 rings (SSSR count). The van der Waals surface area contributed by atoms with Gasteiger partial charge in [-0.3, -0.25) is 10.1 Å². The highest BCUT2D eigenvalue weighted by Gasteiger charge is 2.14. The fraction of sp³-hybridized carbons (Fsp3) is 0.167. The first-order valence-corrected chi connectivity index (χ1v) is 7.03. The number of halogens is 2. The smallest absolute Gasteiger partial charge is 0.272 e. The third-order valence-corrected chi connectivity index (χ3v) is 4.25. The fourth-order valence-corrected chi connectivity index (χ4v) is 3.04. The number of nitrogens with one attached hydrogen (secondary N) is 1. The van der Waals surface area contributed by atoms with Crippen LogP contribution in [0.3, 0.4) is 0 Å². The minimum atomic E-state index is -0.523. The van der Waals surface area contributed by atoms with Crippen LogP contribution >= 0.6 is 34.5 Å². The Bertz CT molecular complexity index is 605. The van der Waals surface area contributed by atoms with Gasteiger partial charge >= 0.3 is 0 Å². The van der Waals surface area contributed by atoms with Crippen LogP contribution in [0.5, 0.6) is 0 Å². The number of non-ortho nitro benzene ring substituents is 1. The maximum atomic E-state index is 10.7. The molecule has 19 heavy (non-hydrogen) atoms. The molecule has 0 bridgehead atoms. The molecule has 0 saturated heterocycles. The average molecular weight is 317 g/mol. The second-order valence-electron chi connectivity index (χ2n) is 3.92. The van der Waals surface area contributed by atoms with Crippen molar-refractivity contribution < 1.29 is 4.92 Å². The van der Waals surface area contributed by atoms with Crippen LogP contribution in [-0.4, -0.2) is 4.92 Å². The highest BCUT2D eigenvalue weighted by atomic mass is 35.5. The third-order valence-electron chi connectivity index (χ3n) is 2.63. The molecule has 0 aliphatic carbocycles. The van der Waals surface area contributed by atoms with Crippen molar-refractivity contribution in [3.05, 3.63) is 54.2 Å². The molecule has 0 atom stereocenters. The maximum Gasteiger partial charge on any atom is 0.272 e. The van der Waals surface area contributed by atoms with Crippen molar-refractivity contribution >= 4 is 45.9 Å². The van der Waals surface area contributed by atoms with Gasteiger partial charge in [0, 0.05) is 23.6 Å². The second-order valence-corrected chi connectivity index (χ2v) is 5.74. The van der Waals surface area contributed by atoms with Crippen molar-refractivity contribution in [3.63, 3.8) is 0 Å². The lowest BCUT2D eigenvalue weighted by molar-refractivity contribution is -0.384. The molecule has 0 spiro atoms. The number of hydrogen-bond donors (Lipinski definition) is 1. The number of nitro benzene ring substituents is 1. The van der Waals surface area contributed by atoms with Crippen LogP contribution in [-0.2, 0) is 6.54 Å². The van der Waals surface area contributed by atoms with E-state index >= 15 is 0 Å². The van der Waals surface area contributed by atoms with E-state index in [9.17, 15) is 10.1 Å². The van der Waals surface area contributed by atoms with Gasteiger partial charge in [0.1, 0.15) is 0 Å². The lowest BCUT2D eigenvalue weighted by atomic mass is 10.2. The first-order valence-electron chi connectivity index (χ1n) is 5.39. The SMILES string of the molecule is Cc1ccsc1CNc1c(Cl)cc([N+](=O)[O-])cc1Cl. The van der Waals surface area contributed by atoms with Crippen LogP contribution in [0.15, 0.2) is 23.6 Å². The summed E-state index contributed by atoms with van der Waals surface area (Å²) < 4.78 is 0. The van der Waals surface area contributed by atoms with E-state index in [0.717, 1.165) is 0 Å². The Labute approximate surface area is 124 Å². The minimum absolute atomic E-state index is 0.118. The predicted octanol–water partition coefficient (Wildman–Crippen LogP) is 4.88. The lowest BCUT2D eigenvalue weighted by Gasteiger charge is -2.10. The molecule has 0 fully saturated rings. The lowest BCUT2D eigenvalue weighted by Crippen LogP contribution is -2.01. The van der Waals surface area contributed by atoms with E-state index in [0.29, 0.717) is 12.2 Å². The van der Waals surface area contributed by atoms with Crippen LogP contribution in [0.25, 0.3) is 0 Å². The minimum Gasteiger partial charge on any atom is -0.378 e. The van der Waals surface area contributed by atoms with E-state index < -0.39 is 4.92 Å². The fourth-order valence-electron chi connectivity index (χ4n) is 1.59. The average Bonchev–Trinajstić information content (AvgIpc) is 2.73. The summed E-state index contributed by atoms with van der Waals surface area (Å²) in [7, 11) is 0. The molecular weight excluding hydrogens is 307 g/mol. The molecule has 0 aliphatic heterocycles. The number of aryl methyl sites for hydroxylation is 1. The standard InChI is InChI=1S/C12H10Cl2N2O2S/c1-7-2-3-19-11(7)6-15-12-9(13)4-8(16(17)18)5-10(12)14/h2-5,15H,6H2,1H3. The first-order chi connectivity index (χ1) is 8.99. The molecule has 0 unspecified atom stereocenters. The number of hydrogen-bond acceptors (Lipinski definition) is 4. The molecule has 0 amide bonds. The Kier molecular flexibility index (Phi) is 4.29. The van der Waals surface area contributed by atoms with Crippen molar-refractivity contribution in [2.45, 2.75) is 13.5 Å². The van der Waals surface area contributed by atoms with Crippen molar-refractivity contribution in [1.29, 1.82) is 0 Å². The summed E-state index contributed by atoms with van der Waals surface area (Å²) in [5, 5.41) is 16.3. The quantitative estimate of drug-likeness (QED) is 0.645. The zero-order chi connectivity index (χ0) is 14.0. The van der Waals surface area contributed by atoms with Gasteiger partial charge in [-0.2, -0.15) is 0 Å². The maximum absolute atomic E-state index is 10.7. The van der Waals surface area contributed by atoms with Gasteiger partial charge in [0.15, 0.2) is 0 Å². The molecule has 1 heterocycles. The summed E-state index contributed by atoms with van der Waals surface area (Å²) >= 11 is 13.7. The first kappa shape index (κ1) is 14.1. The summed E-state index contributed by atoms with van der Waals surface area (Å²) in [6, 6.07) is 4.61. The monoisotopic (exact) mass is 316 g/mol. The van der Waals surface area contributed by atoms with Crippen LogP contribution < -0.4 is 5.32 Å². The Balaban J connectivity index is 2.21. The van der Waals surface area contributed by atoms with Gasteiger partial charge in [-0.15, -0.1) is 11.3 Å². The van der Waals surface area contributed by atoms with Gasteiger partial charge in [-0.1, -0.05) is 23.2 Å². The summed E-state index contributed by atoms with van der Waals surface area (Å²) in [6.45, 7) is 2.60. The molecule has 4 nitrogen and oxygen atoms in total. The summed E-state index contributed by atoms with van der Waals surface area (Å²) in [4.78, 5) is 11.3. The largest absolute Gasteiger partial charge is 0.378 e. The number of nitrogens with zero attached hydrogens (tertiary/aromatic N) is 1. The van der Waals surface area contributed by atoms with Crippen molar-refractivity contribution in [2.24, 2.45) is 0 Å². The van der Waals surface area contributed by atoms with Gasteiger partial charge in [-0.05, 0) is 23.9 Å². The predicted molar refractivity (Wildman–Crippen MR) is 79.5 cm³/mol. The number of thiophene rings is 1. The second kappa shape index (κ2) is 5.77. The molecule has 0 saturated carbocycles. The van der Waals surface area contributed by atoms with Crippen molar-refractivity contribution in [3.8, 4) is 0 Å². The van der Waals surface area contributed by atoms with E-state index in [1.807, 2.05) is 18.4 Å². The van der Waals surface area contributed by atoms with Crippen LogP contribution in [0.2, 0.25) is 10.0 Å². The van der Waals surface area contributed by atoms with Gasteiger partial charge in [0.2, 0.25) is 0 Å².